The third-order valence-corrected chi connectivity index (χ3v) is 2.00. The van der Waals surface area contributed by atoms with Gasteiger partial charge in [0.1, 0.15) is 0 Å². The van der Waals surface area contributed by atoms with E-state index in [1.54, 1.807) is 6.92 Å². The van der Waals surface area contributed by atoms with Crippen molar-refractivity contribution in [3.05, 3.63) is 24.0 Å². The van der Waals surface area contributed by atoms with Crippen molar-refractivity contribution in [1.82, 2.24) is 0 Å². The first-order valence-corrected chi connectivity index (χ1v) is 5.01. The average molecular weight is 233 g/mol. The molecule has 0 radical (unpaired) electrons. The van der Waals surface area contributed by atoms with Crippen LogP contribution in [0.1, 0.15) is 13.8 Å². The Morgan fingerprint density at radius 2 is 2.06 bits per heavy atom. The molecule has 1 aromatic rings. The maximum absolute atomic E-state index is 13.3. The summed E-state index contributed by atoms with van der Waals surface area (Å²) in [5, 5.41) is 2.51. The molecule has 0 saturated heterocycles. The molecule has 2 nitrogen and oxygen atoms in total. The highest BCUT2D eigenvalue weighted by molar-refractivity contribution is 5.48. The highest BCUT2D eigenvalue weighted by Gasteiger charge is 2.14. The van der Waals surface area contributed by atoms with Crippen LogP contribution in [0.25, 0.3) is 0 Å². The molecule has 5 heteroatoms. The van der Waals surface area contributed by atoms with Gasteiger partial charge in [-0.25, -0.2) is 13.2 Å². The lowest BCUT2D eigenvalue weighted by Gasteiger charge is -2.14. The Balaban J connectivity index is 2.73. The van der Waals surface area contributed by atoms with Crippen LogP contribution in [-0.2, 0) is 0 Å². The van der Waals surface area contributed by atoms with Crippen LogP contribution in [-0.4, -0.2) is 19.1 Å². The molecule has 0 heterocycles. The second-order valence-electron chi connectivity index (χ2n) is 3.35. The fraction of sp³-hybridized carbons (Fsp3) is 0.455. The van der Waals surface area contributed by atoms with E-state index in [1.807, 2.05) is 0 Å². The van der Waals surface area contributed by atoms with Crippen LogP contribution in [0.5, 0.6) is 5.75 Å². The van der Waals surface area contributed by atoms with E-state index in [4.69, 9.17) is 4.74 Å². The second-order valence-corrected chi connectivity index (χ2v) is 3.35. The molecule has 0 aliphatic heterocycles. The maximum Gasteiger partial charge on any atom is 0.258 e. The minimum atomic E-state index is -2.49. The molecule has 0 aliphatic rings. The van der Waals surface area contributed by atoms with E-state index in [0.717, 1.165) is 6.07 Å². The first-order chi connectivity index (χ1) is 7.54. The minimum absolute atomic E-state index is 0.123. The van der Waals surface area contributed by atoms with Crippen molar-refractivity contribution >= 4 is 5.69 Å². The number of ether oxygens (including phenoxy) is 1. The molecular formula is C11H14F3NO. The molecule has 0 aromatic heterocycles. The summed E-state index contributed by atoms with van der Waals surface area (Å²) >= 11 is 0. The molecule has 1 atom stereocenters. The van der Waals surface area contributed by atoms with Crippen LogP contribution in [0.15, 0.2) is 18.2 Å². The number of rotatable bonds is 5. The van der Waals surface area contributed by atoms with Gasteiger partial charge in [0.25, 0.3) is 6.43 Å². The highest BCUT2D eigenvalue weighted by atomic mass is 19.3. The number of hydrogen-bond donors (Lipinski definition) is 1. The summed E-state index contributed by atoms with van der Waals surface area (Å²) in [5.41, 5.74) is 0.314. The number of hydrogen-bond acceptors (Lipinski definition) is 2. The van der Waals surface area contributed by atoms with Crippen LogP contribution in [0.3, 0.4) is 0 Å². The van der Waals surface area contributed by atoms with Gasteiger partial charge in [0.05, 0.1) is 12.6 Å². The predicted molar refractivity (Wildman–Crippen MR) is 56.7 cm³/mol. The van der Waals surface area contributed by atoms with Gasteiger partial charge in [-0.2, -0.15) is 0 Å². The summed E-state index contributed by atoms with van der Waals surface area (Å²) in [6.45, 7) is 3.43. The molecule has 1 N–H and O–H groups in total. The zero-order valence-corrected chi connectivity index (χ0v) is 9.14. The van der Waals surface area contributed by atoms with E-state index in [9.17, 15) is 13.2 Å². The van der Waals surface area contributed by atoms with Crippen molar-refractivity contribution in [2.24, 2.45) is 0 Å². The van der Waals surface area contributed by atoms with Crippen molar-refractivity contribution < 1.29 is 17.9 Å². The number of halogens is 3. The molecule has 1 unspecified atom stereocenters. The van der Waals surface area contributed by atoms with E-state index < -0.39 is 18.3 Å². The van der Waals surface area contributed by atoms with E-state index >= 15 is 0 Å². The zero-order valence-electron chi connectivity index (χ0n) is 9.14. The maximum atomic E-state index is 13.3. The molecule has 0 amide bonds. The normalized spacial score (nSPS) is 12.6. The Bertz CT molecular complexity index is 344. The van der Waals surface area contributed by atoms with Gasteiger partial charge in [-0.1, -0.05) is 0 Å². The fourth-order valence-electron chi connectivity index (χ4n) is 1.19. The molecule has 16 heavy (non-hydrogen) atoms. The van der Waals surface area contributed by atoms with Gasteiger partial charge < -0.3 is 10.1 Å². The van der Waals surface area contributed by atoms with Gasteiger partial charge in [-0.15, -0.1) is 0 Å². The molecule has 1 aromatic carbocycles. The van der Waals surface area contributed by atoms with E-state index in [0.29, 0.717) is 12.3 Å². The third-order valence-electron chi connectivity index (χ3n) is 2.00. The molecule has 0 saturated carbocycles. The monoisotopic (exact) mass is 233 g/mol. The SMILES string of the molecule is CCOc1ccc(NC(C)C(F)F)cc1F. The van der Waals surface area contributed by atoms with Crippen LogP contribution in [0, 0.1) is 5.82 Å². The Hall–Kier alpha value is -1.39. The van der Waals surface area contributed by atoms with Crippen molar-refractivity contribution in [2.45, 2.75) is 26.3 Å². The third kappa shape index (κ3) is 3.32. The molecule has 0 spiro atoms. The van der Waals surface area contributed by atoms with Crippen LogP contribution in [0.4, 0.5) is 18.9 Å². The van der Waals surface area contributed by atoms with Gasteiger partial charge in [0.2, 0.25) is 0 Å². The van der Waals surface area contributed by atoms with E-state index in [2.05, 4.69) is 5.32 Å². The average Bonchev–Trinajstić information content (AvgIpc) is 2.22. The molecule has 1 rings (SSSR count). The first kappa shape index (κ1) is 12.7. The minimum Gasteiger partial charge on any atom is -0.491 e. The molecule has 0 bridgehead atoms. The van der Waals surface area contributed by atoms with Crippen molar-refractivity contribution in [3.63, 3.8) is 0 Å². The van der Waals surface area contributed by atoms with Gasteiger partial charge in [0, 0.05) is 11.8 Å². The summed E-state index contributed by atoms with van der Waals surface area (Å²) in [6, 6.07) is 3.05. The standard InChI is InChI=1S/C11H14F3NO/c1-3-16-10-5-4-8(6-9(10)12)15-7(2)11(13)14/h4-7,11,15H,3H2,1-2H3. The Labute approximate surface area is 92.4 Å². The van der Waals surface area contributed by atoms with Crippen LogP contribution >= 0.6 is 0 Å². The van der Waals surface area contributed by atoms with Gasteiger partial charge in [-0.3, -0.25) is 0 Å². The summed E-state index contributed by atoms with van der Waals surface area (Å²) in [7, 11) is 0. The second kappa shape index (κ2) is 5.63. The molecule has 0 aliphatic carbocycles. The molecule has 90 valence electrons. The van der Waals surface area contributed by atoms with Gasteiger partial charge >= 0.3 is 0 Å². The van der Waals surface area contributed by atoms with E-state index in [-0.39, 0.29) is 5.75 Å². The van der Waals surface area contributed by atoms with Crippen molar-refractivity contribution in [2.75, 3.05) is 11.9 Å². The number of nitrogens with one attached hydrogen (secondary N) is 1. The Morgan fingerprint density at radius 3 is 2.56 bits per heavy atom. The lowest BCUT2D eigenvalue weighted by atomic mass is 10.2. The van der Waals surface area contributed by atoms with Crippen molar-refractivity contribution in [3.8, 4) is 5.75 Å². The Kier molecular flexibility index (Phi) is 4.46. The first-order valence-electron chi connectivity index (χ1n) is 5.01. The number of anilines is 1. The quantitative estimate of drug-likeness (QED) is 0.842. The number of alkyl halides is 2. The highest BCUT2D eigenvalue weighted by Crippen LogP contribution is 2.22. The fourth-order valence-corrected chi connectivity index (χ4v) is 1.19. The van der Waals surface area contributed by atoms with E-state index in [1.165, 1.54) is 19.1 Å². The van der Waals surface area contributed by atoms with Gasteiger partial charge in [0.15, 0.2) is 11.6 Å². The van der Waals surface area contributed by atoms with Crippen molar-refractivity contribution in [1.29, 1.82) is 0 Å². The van der Waals surface area contributed by atoms with Gasteiger partial charge in [-0.05, 0) is 26.0 Å². The van der Waals surface area contributed by atoms with Crippen LogP contribution in [0.2, 0.25) is 0 Å². The smallest absolute Gasteiger partial charge is 0.258 e. The van der Waals surface area contributed by atoms with Crippen LogP contribution < -0.4 is 10.1 Å². The topological polar surface area (TPSA) is 21.3 Å². The Morgan fingerprint density at radius 1 is 1.38 bits per heavy atom. The predicted octanol–water partition coefficient (Wildman–Crippen LogP) is 3.29. The largest absolute Gasteiger partial charge is 0.491 e. The summed E-state index contributed by atoms with van der Waals surface area (Å²) < 4.78 is 42.8. The molecule has 0 fully saturated rings. The molecular weight excluding hydrogens is 219 g/mol. The zero-order chi connectivity index (χ0) is 12.1. The number of benzene rings is 1. The summed E-state index contributed by atoms with van der Waals surface area (Å²) in [6.07, 6.45) is -2.49. The summed E-state index contributed by atoms with van der Waals surface area (Å²) in [4.78, 5) is 0. The lowest BCUT2D eigenvalue weighted by Crippen LogP contribution is -2.23. The summed E-state index contributed by atoms with van der Waals surface area (Å²) in [5.74, 6) is -0.439. The lowest BCUT2D eigenvalue weighted by molar-refractivity contribution is 0.130.